The van der Waals surface area contributed by atoms with Crippen LogP contribution >= 0.6 is 0 Å². The summed E-state index contributed by atoms with van der Waals surface area (Å²) in [5, 5.41) is 8.58. The fourth-order valence-electron chi connectivity index (χ4n) is 0.851. The number of aliphatic hydroxyl groups is 1. The van der Waals surface area contributed by atoms with E-state index in [9.17, 15) is 0 Å². The van der Waals surface area contributed by atoms with Crippen molar-refractivity contribution in [1.82, 2.24) is 0 Å². The molecule has 2 unspecified atom stereocenters. The zero-order chi connectivity index (χ0) is 7.98. The lowest BCUT2D eigenvalue weighted by Crippen LogP contribution is -2.18. The first-order valence-corrected chi connectivity index (χ1v) is 3.82. The normalized spacial score (nSPS) is 31.1. The van der Waals surface area contributed by atoms with E-state index in [0.29, 0.717) is 6.61 Å². The first kappa shape index (κ1) is 9.98. The fourth-order valence-corrected chi connectivity index (χ4v) is 0.851. The third kappa shape index (κ3) is 2.71. The van der Waals surface area contributed by atoms with E-state index in [0.717, 1.165) is 6.42 Å². The van der Waals surface area contributed by atoms with Crippen molar-refractivity contribution in [2.75, 3.05) is 13.2 Å². The number of rotatable bonds is 1. The zero-order valence-corrected chi connectivity index (χ0v) is 6.71. The Kier molecular flexibility index (Phi) is 5.74. The van der Waals surface area contributed by atoms with E-state index in [2.05, 4.69) is 0 Å². The van der Waals surface area contributed by atoms with Crippen molar-refractivity contribution in [2.45, 2.75) is 26.3 Å². The topological polar surface area (TPSA) is 29.5 Å². The molecule has 0 spiro atoms. The quantitative estimate of drug-likeness (QED) is 0.541. The molecule has 1 rings (SSSR count). The highest BCUT2D eigenvalue weighted by Crippen LogP contribution is 2.16. The molecule has 2 nitrogen and oxygen atoms in total. The van der Waals surface area contributed by atoms with E-state index in [-0.39, 0.29) is 18.5 Å². The Labute approximate surface area is 64.0 Å². The standard InChI is InChI=1S/C5H9BO2.C2H6/c6-5-4(3-7)1-2-8-5;1-2/h4-5,7H,1-3H2;1-2H3. The summed E-state index contributed by atoms with van der Waals surface area (Å²) in [5.41, 5.74) is 0. The molecule has 10 heavy (non-hydrogen) atoms. The molecule has 1 saturated heterocycles. The summed E-state index contributed by atoms with van der Waals surface area (Å²) in [6.07, 6.45) is 0.900. The number of hydrogen-bond donors (Lipinski definition) is 1. The van der Waals surface area contributed by atoms with Gasteiger partial charge >= 0.3 is 0 Å². The summed E-state index contributed by atoms with van der Waals surface area (Å²) in [6.45, 7) is 4.85. The first-order chi connectivity index (χ1) is 4.84. The largest absolute Gasteiger partial charge is 0.396 e. The van der Waals surface area contributed by atoms with Gasteiger partial charge in [-0.2, -0.15) is 0 Å². The highest BCUT2D eigenvalue weighted by molar-refractivity contribution is 6.11. The monoisotopic (exact) mass is 142 g/mol. The molecule has 1 fully saturated rings. The van der Waals surface area contributed by atoms with Crippen LogP contribution in [0.1, 0.15) is 20.3 Å². The van der Waals surface area contributed by atoms with Gasteiger partial charge in [0.05, 0.1) is 0 Å². The molecule has 0 bridgehead atoms. The van der Waals surface area contributed by atoms with Crippen molar-refractivity contribution < 1.29 is 9.84 Å². The van der Waals surface area contributed by atoms with E-state index in [1.807, 2.05) is 13.8 Å². The first-order valence-electron chi connectivity index (χ1n) is 3.82. The summed E-state index contributed by atoms with van der Waals surface area (Å²) in [4.78, 5) is 0. The van der Waals surface area contributed by atoms with Crippen molar-refractivity contribution in [1.29, 1.82) is 0 Å². The molecule has 0 aliphatic carbocycles. The van der Waals surface area contributed by atoms with Crippen molar-refractivity contribution in [2.24, 2.45) is 5.92 Å². The summed E-state index contributed by atoms with van der Waals surface area (Å²) in [5.74, 6) is 0.176. The highest BCUT2D eigenvalue weighted by Gasteiger charge is 2.21. The van der Waals surface area contributed by atoms with Crippen molar-refractivity contribution in [3.8, 4) is 0 Å². The van der Waals surface area contributed by atoms with Crippen molar-refractivity contribution >= 4 is 7.85 Å². The lowest BCUT2D eigenvalue weighted by molar-refractivity contribution is 0.130. The van der Waals surface area contributed by atoms with E-state index in [1.165, 1.54) is 0 Å². The summed E-state index contributed by atoms with van der Waals surface area (Å²) >= 11 is 0. The van der Waals surface area contributed by atoms with Gasteiger partial charge in [-0.3, -0.25) is 0 Å². The van der Waals surface area contributed by atoms with Gasteiger partial charge in [0.2, 0.25) is 0 Å². The smallest absolute Gasteiger partial charge is 0.109 e. The van der Waals surface area contributed by atoms with Crippen molar-refractivity contribution in [3.05, 3.63) is 0 Å². The van der Waals surface area contributed by atoms with Gasteiger partial charge in [0.1, 0.15) is 7.85 Å². The van der Waals surface area contributed by atoms with Gasteiger partial charge < -0.3 is 9.84 Å². The Morgan fingerprint density at radius 2 is 2.20 bits per heavy atom. The molecule has 2 atom stereocenters. The lowest BCUT2D eigenvalue weighted by atomic mass is 9.88. The Bertz CT molecular complexity index is 78.0. The molecule has 0 saturated carbocycles. The van der Waals surface area contributed by atoms with Crippen molar-refractivity contribution in [3.63, 3.8) is 0 Å². The molecule has 0 aromatic carbocycles. The average Bonchev–Trinajstić information content (AvgIpc) is 2.39. The maximum Gasteiger partial charge on any atom is 0.109 e. The van der Waals surface area contributed by atoms with Crippen LogP contribution in [-0.4, -0.2) is 32.2 Å². The Balaban J connectivity index is 0.000000371. The van der Waals surface area contributed by atoms with Crippen LogP contribution in [0.5, 0.6) is 0 Å². The Morgan fingerprint density at radius 1 is 1.60 bits per heavy atom. The van der Waals surface area contributed by atoms with Crippen LogP contribution in [0, 0.1) is 5.92 Å². The minimum Gasteiger partial charge on any atom is -0.396 e. The van der Waals surface area contributed by atoms with E-state index >= 15 is 0 Å². The van der Waals surface area contributed by atoms with Crippen LogP contribution in [0.2, 0.25) is 0 Å². The number of ether oxygens (including phenoxy) is 1. The third-order valence-electron chi connectivity index (χ3n) is 1.50. The SMILES string of the molecule is CC.[B]C1OCCC1CO. The zero-order valence-electron chi connectivity index (χ0n) is 6.71. The lowest BCUT2D eigenvalue weighted by Gasteiger charge is -2.08. The maximum atomic E-state index is 8.58. The predicted octanol–water partition coefficient (Wildman–Crippen LogP) is 0.536. The minimum absolute atomic E-state index is 0.154. The molecule has 0 aromatic heterocycles. The van der Waals surface area contributed by atoms with E-state index < -0.39 is 0 Å². The second-order valence-corrected chi connectivity index (χ2v) is 2.07. The van der Waals surface area contributed by atoms with Gasteiger partial charge in [0.25, 0.3) is 0 Å². The Hall–Kier alpha value is -0.0151. The molecular weight excluding hydrogens is 127 g/mol. The van der Waals surface area contributed by atoms with Crippen LogP contribution in [0.4, 0.5) is 0 Å². The van der Waals surface area contributed by atoms with Crippen LogP contribution in [-0.2, 0) is 4.74 Å². The van der Waals surface area contributed by atoms with Gasteiger partial charge in [-0.15, -0.1) is 0 Å². The Morgan fingerprint density at radius 3 is 2.40 bits per heavy atom. The molecular formula is C7H15BO2. The molecule has 1 heterocycles. The highest BCUT2D eigenvalue weighted by atomic mass is 16.5. The van der Waals surface area contributed by atoms with Gasteiger partial charge in [-0.1, -0.05) is 13.8 Å². The summed E-state index contributed by atoms with van der Waals surface area (Å²) < 4.78 is 4.97. The van der Waals surface area contributed by atoms with Gasteiger partial charge in [-0.05, 0) is 6.42 Å². The van der Waals surface area contributed by atoms with E-state index in [4.69, 9.17) is 17.7 Å². The van der Waals surface area contributed by atoms with E-state index in [1.54, 1.807) is 0 Å². The number of aliphatic hydroxyl groups excluding tert-OH is 1. The average molecular weight is 142 g/mol. The van der Waals surface area contributed by atoms with Crippen LogP contribution in [0.25, 0.3) is 0 Å². The molecule has 0 amide bonds. The predicted molar refractivity (Wildman–Crippen MR) is 42.0 cm³/mol. The van der Waals surface area contributed by atoms with Crippen LogP contribution < -0.4 is 0 Å². The molecule has 3 heteroatoms. The van der Waals surface area contributed by atoms with Gasteiger partial charge in [0.15, 0.2) is 0 Å². The maximum absolute atomic E-state index is 8.58. The molecule has 1 N–H and O–H groups in total. The molecule has 0 aromatic rings. The summed E-state index contributed by atoms with van der Waals surface area (Å²) in [6, 6.07) is -0.222. The molecule has 1 aliphatic heterocycles. The van der Waals surface area contributed by atoms with Crippen LogP contribution in [0.15, 0.2) is 0 Å². The van der Waals surface area contributed by atoms with Crippen LogP contribution in [0.3, 0.4) is 0 Å². The second-order valence-electron chi connectivity index (χ2n) is 2.07. The van der Waals surface area contributed by atoms with Gasteiger partial charge in [0, 0.05) is 25.1 Å². The second kappa shape index (κ2) is 5.75. The minimum atomic E-state index is -0.222. The molecule has 2 radical (unpaired) electrons. The molecule has 58 valence electrons. The van der Waals surface area contributed by atoms with Gasteiger partial charge in [-0.25, -0.2) is 0 Å². The summed E-state index contributed by atoms with van der Waals surface area (Å²) in [7, 11) is 5.41. The molecule has 1 aliphatic rings. The number of hydrogen-bond acceptors (Lipinski definition) is 2. The third-order valence-corrected chi connectivity index (χ3v) is 1.50. The fraction of sp³-hybridized carbons (Fsp3) is 1.00.